The molecule has 0 bridgehead atoms. The number of rotatable bonds is 9. The largest absolute Gasteiger partial charge is 0.382 e. The summed E-state index contributed by atoms with van der Waals surface area (Å²) < 4.78 is 26.9. The molecule has 0 aromatic rings. The van der Waals surface area contributed by atoms with Crippen molar-refractivity contribution in [3.05, 3.63) is 0 Å². The summed E-state index contributed by atoms with van der Waals surface area (Å²) in [6.07, 6.45) is 0.573. The van der Waals surface area contributed by atoms with Gasteiger partial charge in [-0.2, -0.15) is 0 Å². The van der Waals surface area contributed by atoms with Crippen molar-refractivity contribution in [2.75, 3.05) is 38.4 Å². The van der Waals surface area contributed by atoms with Crippen molar-refractivity contribution >= 4 is 9.84 Å². The van der Waals surface area contributed by atoms with E-state index in [1.54, 1.807) is 14.0 Å². The highest BCUT2D eigenvalue weighted by atomic mass is 32.2. The van der Waals surface area contributed by atoms with E-state index in [9.17, 15) is 8.42 Å². The maximum absolute atomic E-state index is 11.0. The quantitative estimate of drug-likeness (QED) is 0.441. The second-order valence-electron chi connectivity index (χ2n) is 2.83. The standard InChI is InChI=1S/C8H19NO4S/c1-3-14(10,11)8-4-5-9-13-7-6-12-2/h9H,3-8H2,1-2H3. The Morgan fingerprint density at radius 3 is 2.57 bits per heavy atom. The molecule has 0 saturated heterocycles. The van der Waals surface area contributed by atoms with Crippen LogP contribution in [0.25, 0.3) is 0 Å². The highest BCUT2D eigenvalue weighted by Gasteiger charge is 2.05. The first-order chi connectivity index (χ1) is 6.62. The highest BCUT2D eigenvalue weighted by Crippen LogP contribution is 1.91. The normalized spacial score (nSPS) is 11.9. The third kappa shape index (κ3) is 8.43. The molecule has 6 heteroatoms. The van der Waals surface area contributed by atoms with Gasteiger partial charge in [-0.3, -0.25) is 4.84 Å². The molecule has 0 amide bonds. The molecule has 1 N–H and O–H groups in total. The van der Waals surface area contributed by atoms with Gasteiger partial charge in [-0.05, 0) is 6.42 Å². The summed E-state index contributed by atoms with van der Waals surface area (Å²) in [5.74, 6) is 0.418. The van der Waals surface area contributed by atoms with E-state index >= 15 is 0 Å². The summed E-state index contributed by atoms with van der Waals surface area (Å²) in [6.45, 7) is 3.19. The van der Waals surface area contributed by atoms with Gasteiger partial charge in [0.15, 0.2) is 0 Å². The lowest BCUT2D eigenvalue weighted by Crippen LogP contribution is -2.21. The topological polar surface area (TPSA) is 64.6 Å². The molecule has 86 valence electrons. The molecule has 0 atom stereocenters. The van der Waals surface area contributed by atoms with Crippen LogP contribution in [0, 0.1) is 0 Å². The SMILES string of the molecule is CCS(=O)(=O)CCCNOCCOC. The summed E-state index contributed by atoms with van der Waals surface area (Å²) in [5.41, 5.74) is 2.67. The van der Waals surface area contributed by atoms with E-state index in [0.29, 0.717) is 26.2 Å². The van der Waals surface area contributed by atoms with Gasteiger partial charge in [-0.1, -0.05) is 6.92 Å². The van der Waals surface area contributed by atoms with E-state index in [1.165, 1.54) is 0 Å². The molecule has 5 nitrogen and oxygen atoms in total. The van der Waals surface area contributed by atoms with Crippen molar-refractivity contribution in [1.82, 2.24) is 5.48 Å². The average molecular weight is 225 g/mol. The van der Waals surface area contributed by atoms with Crippen LogP contribution in [0.1, 0.15) is 13.3 Å². The van der Waals surface area contributed by atoms with Gasteiger partial charge >= 0.3 is 0 Å². The highest BCUT2D eigenvalue weighted by molar-refractivity contribution is 7.91. The Hall–Kier alpha value is -0.170. The van der Waals surface area contributed by atoms with Gasteiger partial charge in [-0.15, -0.1) is 0 Å². The Labute approximate surface area is 85.7 Å². The molecular formula is C8H19NO4S. The van der Waals surface area contributed by atoms with E-state index < -0.39 is 9.84 Å². The first kappa shape index (κ1) is 13.8. The molecule has 0 rings (SSSR count). The van der Waals surface area contributed by atoms with Crippen LogP contribution in [-0.4, -0.2) is 46.8 Å². The van der Waals surface area contributed by atoms with Crippen molar-refractivity contribution in [1.29, 1.82) is 0 Å². The number of hydroxylamine groups is 1. The minimum atomic E-state index is -2.84. The fourth-order valence-electron chi connectivity index (χ4n) is 0.778. The number of sulfone groups is 1. The number of hydrogen-bond acceptors (Lipinski definition) is 5. The van der Waals surface area contributed by atoms with Crippen LogP contribution >= 0.6 is 0 Å². The van der Waals surface area contributed by atoms with E-state index in [1.807, 2.05) is 0 Å². The average Bonchev–Trinajstić information content (AvgIpc) is 2.16. The smallest absolute Gasteiger partial charge is 0.150 e. The molecule has 0 aromatic carbocycles. The van der Waals surface area contributed by atoms with Crippen molar-refractivity contribution in [2.24, 2.45) is 0 Å². The van der Waals surface area contributed by atoms with Gasteiger partial charge in [0, 0.05) is 19.4 Å². The van der Waals surface area contributed by atoms with Crippen molar-refractivity contribution < 1.29 is 18.0 Å². The zero-order valence-corrected chi connectivity index (χ0v) is 9.60. The van der Waals surface area contributed by atoms with Gasteiger partial charge in [0.2, 0.25) is 0 Å². The Kier molecular flexibility index (Phi) is 8.07. The van der Waals surface area contributed by atoms with Crippen LogP contribution in [0.3, 0.4) is 0 Å². The molecule has 0 fully saturated rings. The lowest BCUT2D eigenvalue weighted by molar-refractivity contribution is 0.00727. The predicted molar refractivity (Wildman–Crippen MR) is 54.8 cm³/mol. The van der Waals surface area contributed by atoms with Gasteiger partial charge < -0.3 is 4.74 Å². The second kappa shape index (κ2) is 8.16. The molecule has 0 heterocycles. The van der Waals surface area contributed by atoms with Gasteiger partial charge in [0.1, 0.15) is 9.84 Å². The number of ether oxygens (including phenoxy) is 1. The fourth-order valence-corrected chi connectivity index (χ4v) is 1.65. The lowest BCUT2D eigenvalue weighted by Gasteiger charge is -2.04. The molecule has 0 aromatic heterocycles. The molecular weight excluding hydrogens is 206 g/mol. The third-order valence-corrected chi connectivity index (χ3v) is 3.46. The summed E-state index contributed by atoms with van der Waals surface area (Å²) in [6, 6.07) is 0. The summed E-state index contributed by atoms with van der Waals surface area (Å²) in [4.78, 5) is 4.95. The summed E-state index contributed by atoms with van der Waals surface area (Å²) >= 11 is 0. The van der Waals surface area contributed by atoms with E-state index in [2.05, 4.69) is 5.48 Å². The Balaban J connectivity index is 3.22. The van der Waals surface area contributed by atoms with Crippen LogP contribution in [-0.2, 0) is 19.4 Å². The molecule has 0 radical (unpaired) electrons. The lowest BCUT2D eigenvalue weighted by atomic mass is 10.5. The molecule has 0 unspecified atom stereocenters. The van der Waals surface area contributed by atoms with Crippen molar-refractivity contribution in [2.45, 2.75) is 13.3 Å². The predicted octanol–water partition coefficient (Wildman–Crippen LogP) is -0.0212. The molecule has 0 aliphatic heterocycles. The molecule has 0 aliphatic rings. The Bertz CT molecular complexity index is 215. The van der Waals surface area contributed by atoms with Crippen molar-refractivity contribution in [3.63, 3.8) is 0 Å². The van der Waals surface area contributed by atoms with Crippen LogP contribution in [0.15, 0.2) is 0 Å². The Morgan fingerprint density at radius 2 is 2.00 bits per heavy atom. The van der Waals surface area contributed by atoms with Crippen LogP contribution in [0.2, 0.25) is 0 Å². The van der Waals surface area contributed by atoms with Crippen LogP contribution in [0.5, 0.6) is 0 Å². The van der Waals surface area contributed by atoms with E-state index in [-0.39, 0.29) is 11.5 Å². The zero-order valence-electron chi connectivity index (χ0n) is 8.78. The number of nitrogens with one attached hydrogen (secondary N) is 1. The minimum absolute atomic E-state index is 0.206. The summed E-state index contributed by atoms with van der Waals surface area (Å²) in [5, 5.41) is 0. The molecule has 14 heavy (non-hydrogen) atoms. The van der Waals surface area contributed by atoms with Crippen LogP contribution < -0.4 is 5.48 Å². The first-order valence-corrected chi connectivity index (χ1v) is 6.48. The minimum Gasteiger partial charge on any atom is -0.382 e. The zero-order chi connectivity index (χ0) is 10.9. The number of hydrogen-bond donors (Lipinski definition) is 1. The molecule has 0 aliphatic carbocycles. The third-order valence-electron chi connectivity index (χ3n) is 1.67. The van der Waals surface area contributed by atoms with Gasteiger partial charge in [-0.25, -0.2) is 13.9 Å². The maximum atomic E-state index is 11.0. The fraction of sp³-hybridized carbons (Fsp3) is 1.00. The van der Waals surface area contributed by atoms with Gasteiger partial charge in [0.05, 0.1) is 19.0 Å². The van der Waals surface area contributed by atoms with E-state index in [0.717, 1.165) is 0 Å². The summed E-state index contributed by atoms with van der Waals surface area (Å²) in [7, 11) is -1.24. The second-order valence-corrected chi connectivity index (χ2v) is 5.30. The Morgan fingerprint density at radius 1 is 1.29 bits per heavy atom. The molecule has 0 spiro atoms. The molecule has 0 saturated carbocycles. The van der Waals surface area contributed by atoms with E-state index in [4.69, 9.17) is 9.57 Å². The first-order valence-electron chi connectivity index (χ1n) is 4.66. The van der Waals surface area contributed by atoms with Crippen LogP contribution in [0.4, 0.5) is 0 Å². The van der Waals surface area contributed by atoms with Crippen molar-refractivity contribution in [3.8, 4) is 0 Å². The number of methoxy groups -OCH3 is 1. The van der Waals surface area contributed by atoms with Gasteiger partial charge in [0.25, 0.3) is 0 Å². The monoisotopic (exact) mass is 225 g/mol. The maximum Gasteiger partial charge on any atom is 0.150 e.